The van der Waals surface area contributed by atoms with Crippen LogP contribution in [0.15, 0.2) is 0 Å². The second-order valence-corrected chi connectivity index (χ2v) is 8.77. The highest BCUT2D eigenvalue weighted by molar-refractivity contribution is 8.02. The number of carboxylic acids is 1. The standard InChI is InChI=1S/C13H23NO4S/c1-11(2,3)18-8(15)7-13(6)14-9(10(16)17)12(4,5)19-13/h9,14H,7H2,1-6H3,(H,16,17). The van der Waals surface area contributed by atoms with Crippen molar-refractivity contribution >= 4 is 23.7 Å². The Balaban J connectivity index is 2.74. The van der Waals surface area contributed by atoms with Crippen molar-refractivity contribution in [3.63, 3.8) is 0 Å². The Bertz CT molecular complexity index is 389. The van der Waals surface area contributed by atoms with Crippen molar-refractivity contribution in [3.8, 4) is 0 Å². The lowest BCUT2D eigenvalue weighted by atomic mass is 10.0. The zero-order chi connectivity index (χ0) is 15.1. The molecule has 0 aliphatic carbocycles. The summed E-state index contributed by atoms with van der Waals surface area (Å²) in [6, 6.07) is -0.676. The highest BCUT2D eigenvalue weighted by Gasteiger charge is 2.51. The maximum Gasteiger partial charge on any atom is 0.322 e. The second kappa shape index (κ2) is 4.98. The average molecular weight is 289 g/mol. The van der Waals surface area contributed by atoms with E-state index in [1.165, 1.54) is 11.8 Å². The van der Waals surface area contributed by atoms with Crippen LogP contribution in [0, 0.1) is 0 Å². The van der Waals surface area contributed by atoms with Gasteiger partial charge in [-0.15, -0.1) is 11.8 Å². The molecule has 0 saturated carbocycles. The van der Waals surface area contributed by atoms with Crippen LogP contribution in [0.25, 0.3) is 0 Å². The van der Waals surface area contributed by atoms with Crippen molar-refractivity contribution in [1.29, 1.82) is 0 Å². The van der Waals surface area contributed by atoms with Crippen molar-refractivity contribution < 1.29 is 19.4 Å². The Morgan fingerprint density at radius 1 is 1.32 bits per heavy atom. The molecular formula is C13H23NO4S. The van der Waals surface area contributed by atoms with Crippen LogP contribution in [0.1, 0.15) is 48.0 Å². The van der Waals surface area contributed by atoms with Crippen molar-refractivity contribution in [2.75, 3.05) is 0 Å². The average Bonchev–Trinajstić information content (AvgIpc) is 2.31. The number of aliphatic carboxylic acids is 1. The van der Waals surface area contributed by atoms with Crippen LogP contribution in [0.5, 0.6) is 0 Å². The molecule has 1 heterocycles. The van der Waals surface area contributed by atoms with E-state index in [0.29, 0.717) is 0 Å². The van der Waals surface area contributed by atoms with E-state index in [1.54, 1.807) is 0 Å². The van der Waals surface area contributed by atoms with Gasteiger partial charge in [-0.1, -0.05) is 0 Å². The fraction of sp³-hybridized carbons (Fsp3) is 0.846. The zero-order valence-electron chi connectivity index (χ0n) is 12.4. The van der Waals surface area contributed by atoms with Gasteiger partial charge in [0.05, 0.1) is 11.3 Å². The van der Waals surface area contributed by atoms with Crippen molar-refractivity contribution in [1.82, 2.24) is 5.32 Å². The molecule has 1 aliphatic rings. The minimum Gasteiger partial charge on any atom is -0.480 e. The van der Waals surface area contributed by atoms with Crippen LogP contribution in [0.4, 0.5) is 0 Å². The highest BCUT2D eigenvalue weighted by Crippen LogP contribution is 2.46. The summed E-state index contributed by atoms with van der Waals surface area (Å²) in [7, 11) is 0. The van der Waals surface area contributed by atoms with E-state index >= 15 is 0 Å². The number of ether oxygens (including phenoxy) is 1. The summed E-state index contributed by atoms with van der Waals surface area (Å²) in [5.41, 5.74) is -0.529. The number of carboxylic acid groups (broad SMARTS) is 1. The van der Waals surface area contributed by atoms with E-state index in [4.69, 9.17) is 4.74 Å². The van der Waals surface area contributed by atoms with Gasteiger partial charge in [0.2, 0.25) is 0 Å². The van der Waals surface area contributed by atoms with Crippen LogP contribution in [-0.2, 0) is 14.3 Å². The van der Waals surface area contributed by atoms with Gasteiger partial charge >= 0.3 is 11.9 Å². The minimum absolute atomic E-state index is 0.141. The monoisotopic (exact) mass is 289 g/mol. The maximum atomic E-state index is 11.9. The molecule has 19 heavy (non-hydrogen) atoms. The maximum absolute atomic E-state index is 11.9. The molecule has 5 nitrogen and oxygen atoms in total. The van der Waals surface area contributed by atoms with Crippen molar-refractivity contribution in [3.05, 3.63) is 0 Å². The number of nitrogens with one attached hydrogen (secondary N) is 1. The molecule has 1 fully saturated rings. The Morgan fingerprint density at radius 2 is 1.84 bits per heavy atom. The predicted molar refractivity (Wildman–Crippen MR) is 75.1 cm³/mol. The number of carbonyl (C=O) groups is 2. The lowest BCUT2D eigenvalue weighted by Gasteiger charge is -2.27. The number of esters is 1. The van der Waals surface area contributed by atoms with Gasteiger partial charge in [-0.2, -0.15) is 0 Å². The van der Waals surface area contributed by atoms with Crippen LogP contribution < -0.4 is 5.32 Å². The van der Waals surface area contributed by atoms with Crippen LogP contribution in [0.3, 0.4) is 0 Å². The van der Waals surface area contributed by atoms with Gasteiger partial charge in [0.25, 0.3) is 0 Å². The summed E-state index contributed by atoms with van der Waals surface area (Å²) in [5, 5.41) is 12.2. The molecule has 1 aliphatic heterocycles. The van der Waals surface area contributed by atoms with Crippen molar-refractivity contribution in [2.24, 2.45) is 0 Å². The van der Waals surface area contributed by atoms with Crippen LogP contribution in [0.2, 0.25) is 0 Å². The smallest absolute Gasteiger partial charge is 0.322 e. The van der Waals surface area contributed by atoms with Crippen molar-refractivity contribution in [2.45, 2.75) is 69.2 Å². The van der Waals surface area contributed by atoms with Gasteiger partial charge in [0, 0.05) is 4.75 Å². The third kappa shape index (κ3) is 4.38. The molecule has 6 heteroatoms. The van der Waals surface area contributed by atoms with Gasteiger partial charge in [-0.25, -0.2) is 0 Å². The van der Waals surface area contributed by atoms with Gasteiger partial charge < -0.3 is 9.84 Å². The molecule has 2 N–H and O–H groups in total. The first-order valence-corrected chi connectivity index (χ1v) is 7.09. The van der Waals surface area contributed by atoms with E-state index in [-0.39, 0.29) is 12.4 Å². The quantitative estimate of drug-likeness (QED) is 0.774. The van der Waals surface area contributed by atoms with E-state index in [0.717, 1.165) is 0 Å². The molecule has 110 valence electrons. The SMILES string of the molecule is CC(C)(C)OC(=O)CC1(C)NC(C(=O)O)C(C)(C)S1. The normalized spacial score (nSPS) is 30.1. The Kier molecular flexibility index (Phi) is 4.27. The predicted octanol–water partition coefficient (Wildman–Crippen LogP) is 2.00. The molecule has 0 amide bonds. The molecule has 2 atom stereocenters. The summed E-state index contributed by atoms with van der Waals surface area (Å²) in [6.07, 6.45) is 0.141. The number of carbonyl (C=O) groups excluding carboxylic acids is 1. The minimum atomic E-state index is -0.898. The summed E-state index contributed by atoms with van der Waals surface area (Å²) in [5.74, 6) is -1.22. The lowest BCUT2D eigenvalue weighted by molar-refractivity contribution is -0.156. The molecular weight excluding hydrogens is 266 g/mol. The topological polar surface area (TPSA) is 75.6 Å². The van der Waals surface area contributed by atoms with Gasteiger partial charge in [0.1, 0.15) is 11.6 Å². The number of hydrogen-bond donors (Lipinski definition) is 2. The third-order valence-corrected chi connectivity index (χ3v) is 4.26. The first-order chi connectivity index (χ1) is 8.35. The first kappa shape index (κ1) is 16.3. The van der Waals surface area contributed by atoms with E-state index in [9.17, 15) is 14.7 Å². The molecule has 1 saturated heterocycles. The van der Waals surface area contributed by atoms with E-state index in [2.05, 4.69) is 5.32 Å². The second-order valence-electron chi connectivity index (χ2n) is 6.62. The number of hydrogen-bond acceptors (Lipinski definition) is 5. The molecule has 0 radical (unpaired) electrons. The van der Waals surface area contributed by atoms with E-state index in [1.807, 2.05) is 41.5 Å². The molecule has 0 aromatic carbocycles. The summed E-state index contributed by atoms with van der Waals surface area (Å²) in [6.45, 7) is 11.0. The van der Waals surface area contributed by atoms with Gasteiger partial charge in [-0.3, -0.25) is 14.9 Å². The van der Waals surface area contributed by atoms with Crippen LogP contribution >= 0.6 is 11.8 Å². The van der Waals surface area contributed by atoms with Gasteiger partial charge in [0.15, 0.2) is 0 Å². The fourth-order valence-corrected chi connectivity index (χ4v) is 4.05. The summed E-state index contributed by atoms with van der Waals surface area (Å²) < 4.78 is 4.82. The zero-order valence-corrected chi connectivity index (χ0v) is 13.2. The van der Waals surface area contributed by atoms with Gasteiger partial charge in [-0.05, 0) is 41.5 Å². The highest BCUT2D eigenvalue weighted by atomic mass is 32.2. The Hall–Kier alpha value is -0.750. The molecule has 0 aromatic rings. The number of thioether (sulfide) groups is 1. The Labute approximate surface area is 118 Å². The fourth-order valence-electron chi connectivity index (χ4n) is 2.25. The molecule has 0 spiro atoms. The number of rotatable bonds is 3. The molecule has 0 aromatic heterocycles. The Morgan fingerprint density at radius 3 is 2.21 bits per heavy atom. The van der Waals surface area contributed by atoms with E-state index < -0.39 is 27.2 Å². The molecule has 2 unspecified atom stereocenters. The largest absolute Gasteiger partial charge is 0.480 e. The lowest BCUT2D eigenvalue weighted by Crippen LogP contribution is -2.48. The summed E-state index contributed by atoms with van der Waals surface area (Å²) in [4.78, 5) is 22.5. The summed E-state index contributed by atoms with van der Waals surface area (Å²) >= 11 is 1.47. The molecule has 1 rings (SSSR count). The third-order valence-electron chi connectivity index (χ3n) is 2.78. The first-order valence-electron chi connectivity index (χ1n) is 6.27. The van der Waals surface area contributed by atoms with Crippen LogP contribution in [-0.4, -0.2) is 38.3 Å². The molecule has 0 bridgehead atoms.